The number of hydrogen-bond donors (Lipinski definition) is 0. The first-order valence-corrected chi connectivity index (χ1v) is 11.1. The van der Waals surface area contributed by atoms with Gasteiger partial charge in [0.2, 0.25) is 0 Å². The lowest BCUT2D eigenvalue weighted by Crippen LogP contribution is -2.22. The van der Waals surface area contributed by atoms with Crippen LogP contribution in [0.2, 0.25) is 0 Å². The highest BCUT2D eigenvalue weighted by Crippen LogP contribution is 2.49. The number of benzene rings is 2. The highest BCUT2D eigenvalue weighted by Gasteiger charge is 2.32. The summed E-state index contributed by atoms with van der Waals surface area (Å²) in [5.41, 5.74) is 2.33. The van der Waals surface area contributed by atoms with E-state index in [2.05, 4.69) is 22.0 Å². The van der Waals surface area contributed by atoms with E-state index in [-0.39, 0.29) is 16.9 Å². The molecule has 0 saturated heterocycles. The third kappa shape index (κ3) is 4.55. The van der Waals surface area contributed by atoms with Crippen molar-refractivity contribution in [1.82, 2.24) is 4.98 Å². The van der Waals surface area contributed by atoms with Crippen molar-refractivity contribution < 1.29 is 8.78 Å². The Hall–Kier alpha value is -1.37. The fourth-order valence-corrected chi connectivity index (χ4v) is 6.21. The number of rotatable bonds is 4. The summed E-state index contributed by atoms with van der Waals surface area (Å²) >= 11 is 6.98. The van der Waals surface area contributed by atoms with Crippen LogP contribution in [0.4, 0.5) is 8.78 Å². The molecule has 1 aliphatic carbocycles. The smallest absolute Gasteiger partial charge is 0.123 e. The van der Waals surface area contributed by atoms with Crippen molar-refractivity contribution in [1.29, 1.82) is 0 Å². The highest BCUT2D eigenvalue weighted by molar-refractivity contribution is 9.10. The molecule has 138 valence electrons. The number of fused-ring (bicyclic) bond motifs is 1. The van der Waals surface area contributed by atoms with Crippen LogP contribution in [0, 0.1) is 11.6 Å². The van der Waals surface area contributed by atoms with Gasteiger partial charge in [-0.25, -0.2) is 8.78 Å². The molecule has 0 N–H and O–H groups in total. The average molecular weight is 464 g/mol. The normalized spacial score (nSPS) is 18.9. The largest absolute Gasteiger partial charge is 0.259 e. The maximum atomic E-state index is 13.3. The topological polar surface area (TPSA) is 12.9 Å². The van der Waals surface area contributed by atoms with Gasteiger partial charge in [-0.3, -0.25) is 4.98 Å². The first-order valence-electron chi connectivity index (χ1n) is 8.57. The van der Waals surface area contributed by atoms with Gasteiger partial charge in [0, 0.05) is 25.7 Å². The number of aryl methyl sites for hydroxylation is 1. The van der Waals surface area contributed by atoms with Gasteiger partial charge < -0.3 is 0 Å². The minimum absolute atomic E-state index is 0.141. The Balaban J connectivity index is 1.65. The molecule has 2 unspecified atom stereocenters. The lowest BCUT2D eigenvalue weighted by atomic mass is 9.95. The summed E-state index contributed by atoms with van der Waals surface area (Å²) in [4.78, 5) is 6.77. The molecule has 1 aliphatic rings. The fourth-order valence-electron chi connectivity index (χ4n) is 3.17. The number of hydrogen-bond acceptors (Lipinski definition) is 3. The molecule has 0 amide bonds. The van der Waals surface area contributed by atoms with Gasteiger partial charge in [-0.1, -0.05) is 0 Å². The summed E-state index contributed by atoms with van der Waals surface area (Å²) in [7, 11) is 0. The Labute approximate surface area is 174 Å². The molecule has 0 radical (unpaired) electrons. The monoisotopic (exact) mass is 463 g/mol. The molecule has 0 bridgehead atoms. The first kappa shape index (κ1) is 19.0. The zero-order valence-electron chi connectivity index (χ0n) is 14.2. The van der Waals surface area contributed by atoms with Crippen LogP contribution in [0.15, 0.2) is 75.1 Å². The van der Waals surface area contributed by atoms with E-state index < -0.39 is 0 Å². The van der Waals surface area contributed by atoms with E-state index in [1.54, 1.807) is 23.5 Å². The van der Waals surface area contributed by atoms with Gasteiger partial charge in [-0.15, -0.1) is 23.5 Å². The zero-order valence-corrected chi connectivity index (χ0v) is 17.5. The van der Waals surface area contributed by atoms with Crippen LogP contribution in [0.25, 0.3) is 0 Å². The first-order chi connectivity index (χ1) is 13.1. The molecule has 3 aromatic rings. The van der Waals surface area contributed by atoms with Crippen LogP contribution in [0.1, 0.15) is 22.9 Å². The van der Waals surface area contributed by atoms with E-state index in [4.69, 9.17) is 4.98 Å². The van der Waals surface area contributed by atoms with Crippen LogP contribution >= 0.6 is 39.5 Å². The molecule has 2 atom stereocenters. The van der Waals surface area contributed by atoms with Crippen molar-refractivity contribution in [3.05, 3.63) is 88.2 Å². The van der Waals surface area contributed by atoms with Crippen LogP contribution in [-0.4, -0.2) is 10.2 Å². The summed E-state index contributed by atoms with van der Waals surface area (Å²) in [5, 5.41) is 0.439. The van der Waals surface area contributed by atoms with E-state index >= 15 is 0 Å². The van der Waals surface area contributed by atoms with E-state index in [0.717, 1.165) is 32.8 Å². The molecule has 27 heavy (non-hydrogen) atoms. The Morgan fingerprint density at radius 1 is 0.889 bits per heavy atom. The number of nitrogens with zero attached hydrogens (tertiary/aromatic N) is 1. The van der Waals surface area contributed by atoms with Crippen molar-refractivity contribution in [3.63, 3.8) is 0 Å². The second kappa shape index (κ2) is 8.33. The fraction of sp³-hybridized carbons (Fsp3) is 0.190. The molecule has 6 heteroatoms. The lowest BCUT2D eigenvalue weighted by Gasteiger charge is -2.32. The number of halogens is 3. The maximum Gasteiger partial charge on any atom is 0.123 e. The van der Waals surface area contributed by atoms with Crippen molar-refractivity contribution in [3.8, 4) is 0 Å². The molecule has 1 heterocycles. The second-order valence-electron chi connectivity index (χ2n) is 6.34. The molecular weight excluding hydrogens is 448 g/mol. The number of thioether (sulfide) groups is 2. The third-order valence-corrected chi connectivity index (χ3v) is 7.76. The molecule has 0 saturated carbocycles. The molecule has 0 spiro atoms. The van der Waals surface area contributed by atoms with Gasteiger partial charge in [0.05, 0.1) is 10.9 Å². The Morgan fingerprint density at radius 2 is 1.48 bits per heavy atom. The van der Waals surface area contributed by atoms with Crippen molar-refractivity contribution >= 4 is 39.5 Å². The predicted molar refractivity (Wildman–Crippen MR) is 111 cm³/mol. The summed E-state index contributed by atoms with van der Waals surface area (Å²) < 4.78 is 27.5. The summed E-state index contributed by atoms with van der Waals surface area (Å²) in [6, 6.07) is 15.4. The van der Waals surface area contributed by atoms with Crippen LogP contribution < -0.4 is 0 Å². The van der Waals surface area contributed by atoms with Crippen molar-refractivity contribution in [2.24, 2.45) is 0 Å². The molecule has 1 aromatic heterocycles. The number of pyridine rings is 1. The minimum Gasteiger partial charge on any atom is -0.259 e. The quantitative estimate of drug-likeness (QED) is 0.410. The molecule has 0 aliphatic heterocycles. The summed E-state index contributed by atoms with van der Waals surface area (Å²) in [6.45, 7) is 0. The van der Waals surface area contributed by atoms with Crippen LogP contribution in [0.5, 0.6) is 0 Å². The number of aromatic nitrogens is 1. The van der Waals surface area contributed by atoms with E-state index in [1.807, 2.05) is 30.5 Å². The standard InChI is InChI=1S/C21H16BrF2NS2/c22-14-11-13-1-10-19(26-17-6-2-15(23)3-7-17)21(20(13)25-12-14)27-18-8-4-16(24)5-9-18/h2-9,11-12,19,21H,1,10H2. The van der Waals surface area contributed by atoms with Gasteiger partial charge in [0.1, 0.15) is 11.6 Å². The lowest BCUT2D eigenvalue weighted by molar-refractivity contribution is 0.625. The maximum absolute atomic E-state index is 13.3. The zero-order chi connectivity index (χ0) is 18.8. The van der Waals surface area contributed by atoms with Gasteiger partial charge in [0.15, 0.2) is 0 Å². The summed E-state index contributed by atoms with van der Waals surface area (Å²) in [6.07, 6.45) is 3.80. The molecule has 4 rings (SSSR count). The van der Waals surface area contributed by atoms with E-state index in [9.17, 15) is 8.78 Å². The minimum atomic E-state index is -0.234. The van der Waals surface area contributed by atoms with Crippen LogP contribution in [-0.2, 0) is 6.42 Å². The molecule has 2 aromatic carbocycles. The van der Waals surface area contributed by atoms with Gasteiger partial charge in [-0.2, -0.15) is 0 Å². The predicted octanol–water partition coefficient (Wildman–Crippen LogP) is 7.06. The third-order valence-electron chi connectivity index (χ3n) is 4.45. The Bertz CT molecular complexity index is 932. The van der Waals surface area contributed by atoms with Crippen LogP contribution in [0.3, 0.4) is 0 Å². The van der Waals surface area contributed by atoms with Gasteiger partial charge >= 0.3 is 0 Å². The SMILES string of the molecule is Fc1ccc(SC2CCc3cc(Br)cnc3C2Sc2ccc(F)cc2)cc1. The van der Waals surface area contributed by atoms with Gasteiger partial charge in [-0.05, 0) is 88.9 Å². The van der Waals surface area contributed by atoms with Crippen molar-refractivity contribution in [2.45, 2.75) is 33.1 Å². The van der Waals surface area contributed by atoms with Gasteiger partial charge in [0.25, 0.3) is 0 Å². The average Bonchev–Trinajstić information content (AvgIpc) is 2.67. The van der Waals surface area contributed by atoms with E-state index in [1.165, 1.54) is 29.8 Å². The molecule has 0 fully saturated rings. The molecule has 1 nitrogen and oxygen atoms in total. The van der Waals surface area contributed by atoms with Crippen molar-refractivity contribution in [2.75, 3.05) is 0 Å². The highest BCUT2D eigenvalue weighted by atomic mass is 79.9. The Kier molecular flexibility index (Phi) is 5.85. The summed E-state index contributed by atoms with van der Waals surface area (Å²) in [5.74, 6) is -0.459. The van der Waals surface area contributed by atoms with E-state index in [0.29, 0.717) is 5.25 Å². The molecular formula is C21H16BrF2NS2. The second-order valence-corrected chi connectivity index (χ2v) is 9.78. The Morgan fingerprint density at radius 3 is 2.11 bits per heavy atom.